The maximum absolute atomic E-state index is 12.5. The summed E-state index contributed by atoms with van der Waals surface area (Å²) in [6, 6.07) is 9.21. The highest BCUT2D eigenvalue weighted by molar-refractivity contribution is 5.92. The van der Waals surface area contributed by atoms with Crippen molar-refractivity contribution in [3.05, 3.63) is 41.7 Å². The van der Waals surface area contributed by atoms with E-state index in [9.17, 15) is 4.79 Å². The number of anilines is 2. The van der Waals surface area contributed by atoms with Crippen molar-refractivity contribution in [1.29, 1.82) is 0 Å². The van der Waals surface area contributed by atoms with Crippen LogP contribution in [0.5, 0.6) is 5.75 Å². The lowest BCUT2D eigenvalue weighted by atomic mass is 10.2. The summed E-state index contributed by atoms with van der Waals surface area (Å²) in [7, 11) is 3.40. The molecule has 0 aliphatic carbocycles. The third-order valence-corrected chi connectivity index (χ3v) is 3.62. The zero-order chi connectivity index (χ0) is 17.5. The molecule has 6 heteroatoms. The Morgan fingerprint density at radius 3 is 2.75 bits per heavy atom. The van der Waals surface area contributed by atoms with Gasteiger partial charge in [0.15, 0.2) is 0 Å². The number of amides is 1. The molecule has 0 bridgehead atoms. The summed E-state index contributed by atoms with van der Waals surface area (Å²) in [5, 5.41) is 3.12. The van der Waals surface area contributed by atoms with Crippen LogP contribution in [0.3, 0.4) is 0 Å². The molecule has 1 aromatic carbocycles. The first-order chi connectivity index (χ1) is 11.5. The van der Waals surface area contributed by atoms with E-state index in [2.05, 4.69) is 22.2 Å². The van der Waals surface area contributed by atoms with Crippen LogP contribution in [-0.2, 0) is 0 Å². The number of unbranched alkanes of at least 4 members (excludes halogenated alkanes) is 1. The summed E-state index contributed by atoms with van der Waals surface area (Å²) in [5.74, 6) is 0.972. The van der Waals surface area contributed by atoms with Crippen LogP contribution in [0, 0.1) is 6.92 Å². The standard InChI is InChI=1S/C18H24N4O2/c1-5-6-11-22(3)17(23)15-12-13(2)19-18(21-15)20-14-9-7-8-10-16(14)24-4/h7-10,12H,5-6,11H2,1-4H3,(H,19,20,21). The van der Waals surface area contributed by atoms with Gasteiger partial charge in [0.2, 0.25) is 5.95 Å². The number of nitrogens with zero attached hydrogens (tertiary/aromatic N) is 3. The minimum atomic E-state index is -0.1000. The van der Waals surface area contributed by atoms with E-state index in [4.69, 9.17) is 4.74 Å². The topological polar surface area (TPSA) is 67.4 Å². The van der Waals surface area contributed by atoms with E-state index >= 15 is 0 Å². The van der Waals surface area contributed by atoms with Gasteiger partial charge in [0.25, 0.3) is 5.91 Å². The number of aromatic nitrogens is 2. The van der Waals surface area contributed by atoms with Crippen molar-refractivity contribution in [3.63, 3.8) is 0 Å². The summed E-state index contributed by atoms with van der Waals surface area (Å²) < 4.78 is 5.31. The summed E-state index contributed by atoms with van der Waals surface area (Å²) in [6.45, 7) is 4.66. The SMILES string of the molecule is CCCCN(C)C(=O)c1cc(C)nc(Nc2ccccc2OC)n1. The molecule has 1 amide bonds. The lowest BCUT2D eigenvalue weighted by Crippen LogP contribution is -2.28. The Morgan fingerprint density at radius 2 is 2.04 bits per heavy atom. The maximum Gasteiger partial charge on any atom is 0.272 e. The number of carbonyl (C=O) groups excluding carboxylic acids is 1. The minimum absolute atomic E-state index is 0.1000. The first kappa shape index (κ1) is 17.7. The molecule has 0 fully saturated rings. The molecule has 0 saturated heterocycles. The molecular formula is C18H24N4O2. The van der Waals surface area contributed by atoms with E-state index in [0.29, 0.717) is 23.9 Å². The second-order valence-corrected chi connectivity index (χ2v) is 5.62. The predicted octanol–water partition coefficient (Wildman–Crippen LogP) is 3.41. The molecule has 2 aromatic rings. The second kappa shape index (κ2) is 8.29. The maximum atomic E-state index is 12.5. The average molecular weight is 328 g/mol. The quantitative estimate of drug-likeness (QED) is 0.843. The van der Waals surface area contributed by atoms with E-state index in [-0.39, 0.29) is 5.91 Å². The number of nitrogens with one attached hydrogen (secondary N) is 1. The molecule has 0 aliphatic heterocycles. The van der Waals surface area contributed by atoms with Crippen molar-refractivity contribution in [2.75, 3.05) is 26.0 Å². The van der Waals surface area contributed by atoms with Gasteiger partial charge in [-0.1, -0.05) is 25.5 Å². The second-order valence-electron chi connectivity index (χ2n) is 5.62. The molecule has 2 rings (SSSR count). The first-order valence-electron chi connectivity index (χ1n) is 8.06. The van der Waals surface area contributed by atoms with Crippen LogP contribution in [0.4, 0.5) is 11.6 Å². The minimum Gasteiger partial charge on any atom is -0.495 e. The molecule has 128 valence electrons. The Morgan fingerprint density at radius 1 is 1.29 bits per heavy atom. The summed E-state index contributed by atoms with van der Waals surface area (Å²) in [6.07, 6.45) is 2.01. The third-order valence-electron chi connectivity index (χ3n) is 3.62. The fourth-order valence-electron chi connectivity index (χ4n) is 2.29. The zero-order valence-electron chi connectivity index (χ0n) is 14.7. The Balaban J connectivity index is 2.23. The van der Waals surface area contributed by atoms with E-state index in [0.717, 1.165) is 24.2 Å². The molecule has 0 spiro atoms. The molecule has 0 atom stereocenters. The van der Waals surface area contributed by atoms with Gasteiger partial charge in [-0.3, -0.25) is 4.79 Å². The Hall–Kier alpha value is -2.63. The van der Waals surface area contributed by atoms with Crippen molar-refractivity contribution in [2.24, 2.45) is 0 Å². The van der Waals surface area contributed by atoms with Crippen molar-refractivity contribution >= 4 is 17.5 Å². The number of ether oxygens (including phenoxy) is 1. The van der Waals surface area contributed by atoms with E-state index in [1.165, 1.54) is 0 Å². The molecule has 0 aliphatic rings. The van der Waals surface area contributed by atoms with Crippen LogP contribution in [0.2, 0.25) is 0 Å². The van der Waals surface area contributed by atoms with Gasteiger partial charge in [0.05, 0.1) is 12.8 Å². The number of methoxy groups -OCH3 is 1. The van der Waals surface area contributed by atoms with Crippen LogP contribution in [0.15, 0.2) is 30.3 Å². The number of aryl methyl sites for hydroxylation is 1. The number of hydrogen-bond acceptors (Lipinski definition) is 5. The lowest BCUT2D eigenvalue weighted by molar-refractivity contribution is 0.0787. The predicted molar refractivity (Wildman–Crippen MR) is 94.9 cm³/mol. The summed E-state index contributed by atoms with van der Waals surface area (Å²) in [5.41, 5.74) is 1.87. The van der Waals surface area contributed by atoms with Gasteiger partial charge in [0.1, 0.15) is 11.4 Å². The van der Waals surface area contributed by atoms with Crippen molar-refractivity contribution in [1.82, 2.24) is 14.9 Å². The highest BCUT2D eigenvalue weighted by Gasteiger charge is 2.15. The molecular weight excluding hydrogens is 304 g/mol. The lowest BCUT2D eigenvalue weighted by Gasteiger charge is -2.17. The number of para-hydroxylation sites is 2. The van der Waals surface area contributed by atoms with Gasteiger partial charge in [-0.2, -0.15) is 0 Å². The molecule has 1 N–H and O–H groups in total. The molecule has 0 unspecified atom stereocenters. The van der Waals surface area contributed by atoms with Crippen molar-refractivity contribution < 1.29 is 9.53 Å². The zero-order valence-corrected chi connectivity index (χ0v) is 14.7. The summed E-state index contributed by atoms with van der Waals surface area (Å²) in [4.78, 5) is 22.9. The fraction of sp³-hybridized carbons (Fsp3) is 0.389. The molecule has 1 aromatic heterocycles. The van der Waals surface area contributed by atoms with Crippen molar-refractivity contribution in [2.45, 2.75) is 26.7 Å². The fourth-order valence-corrected chi connectivity index (χ4v) is 2.29. The molecule has 6 nitrogen and oxygen atoms in total. The molecule has 1 heterocycles. The van der Waals surface area contributed by atoms with Crippen LogP contribution in [-0.4, -0.2) is 41.5 Å². The Bertz CT molecular complexity index is 703. The van der Waals surface area contributed by atoms with E-state index in [1.807, 2.05) is 31.2 Å². The first-order valence-corrected chi connectivity index (χ1v) is 8.06. The van der Waals surface area contributed by atoms with Gasteiger partial charge >= 0.3 is 0 Å². The highest BCUT2D eigenvalue weighted by atomic mass is 16.5. The van der Waals surface area contributed by atoms with Crippen molar-refractivity contribution in [3.8, 4) is 5.75 Å². The number of hydrogen-bond donors (Lipinski definition) is 1. The van der Waals surface area contributed by atoms with Gasteiger partial charge in [0, 0.05) is 19.3 Å². The highest BCUT2D eigenvalue weighted by Crippen LogP contribution is 2.25. The molecule has 0 saturated carbocycles. The summed E-state index contributed by atoms with van der Waals surface area (Å²) >= 11 is 0. The van der Waals surface area contributed by atoms with E-state index < -0.39 is 0 Å². The van der Waals surface area contributed by atoms with Crippen LogP contribution in [0.1, 0.15) is 35.9 Å². The Kier molecular flexibility index (Phi) is 6.12. The monoisotopic (exact) mass is 328 g/mol. The van der Waals surface area contributed by atoms with Gasteiger partial charge in [-0.15, -0.1) is 0 Å². The third kappa shape index (κ3) is 4.44. The van der Waals surface area contributed by atoms with Gasteiger partial charge in [-0.25, -0.2) is 9.97 Å². The number of rotatable bonds is 7. The average Bonchev–Trinajstić information content (AvgIpc) is 2.59. The van der Waals surface area contributed by atoms with Gasteiger partial charge in [-0.05, 0) is 31.5 Å². The smallest absolute Gasteiger partial charge is 0.272 e. The van der Waals surface area contributed by atoms with Crippen LogP contribution in [0.25, 0.3) is 0 Å². The van der Waals surface area contributed by atoms with Gasteiger partial charge < -0.3 is 15.0 Å². The van der Waals surface area contributed by atoms with E-state index in [1.54, 1.807) is 25.1 Å². The Labute approximate surface area is 142 Å². The number of carbonyl (C=O) groups is 1. The largest absolute Gasteiger partial charge is 0.495 e. The number of benzene rings is 1. The van der Waals surface area contributed by atoms with Crippen LogP contribution >= 0.6 is 0 Å². The normalized spacial score (nSPS) is 10.3. The van der Waals surface area contributed by atoms with Crippen LogP contribution < -0.4 is 10.1 Å². The molecule has 24 heavy (non-hydrogen) atoms. The molecule has 0 radical (unpaired) electrons.